The SMILES string of the molecule is CC(C)CN(c1cnc(C2(C(=O)NS(C)(=O)=O)CC2)cc1Nc1ccc(Cl)cn1)C1CCOCC1. The third-order valence-electron chi connectivity index (χ3n) is 6.33. The Labute approximate surface area is 211 Å². The average molecular weight is 522 g/mol. The fourth-order valence-corrected chi connectivity index (χ4v) is 5.10. The summed E-state index contributed by atoms with van der Waals surface area (Å²) < 4.78 is 31.1. The molecule has 190 valence electrons. The number of ether oxygens (including phenoxy) is 1. The minimum Gasteiger partial charge on any atom is -0.381 e. The van der Waals surface area contributed by atoms with E-state index in [0.29, 0.717) is 54.5 Å². The number of aromatic nitrogens is 2. The number of hydrogen-bond donors (Lipinski definition) is 2. The third-order valence-corrected chi connectivity index (χ3v) is 7.11. The number of nitrogens with one attached hydrogen (secondary N) is 2. The zero-order chi connectivity index (χ0) is 25.2. The van der Waals surface area contributed by atoms with E-state index in [1.807, 2.05) is 6.07 Å². The molecule has 0 spiro atoms. The van der Waals surface area contributed by atoms with Crippen LogP contribution in [0.3, 0.4) is 0 Å². The second-order valence-electron chi connectivity index (χ2n) is 9.75. The topological polar surface area (TPSA) is 114 Å². The van der Waals surface area contributed by atoms with Gasteiger partial charge in [-0.05, 0) is 49.8 Å². The van der Waals surface area contributed by atoms with Crippen molar-refractivity contribution in [3.8, 4) is 0 Å². The van der Waals surface area contributed by atoms with Crippen LogP contribution in [0.15, 0.2) is 30.6 Å². The third kappa shape index (κ3) is 6.23. The summed E-state index contributed by atoms with van der Waals surface area (Å²) in [4.78, 5) is 24.3. The Hall–Kier alpha value is -2.43. The summed E-state index contributed by atoms with van der Waals surface area (Å²) in [6, 6.07) is 5.69. The Morgan fingerprint density at radius 1 is 1.23 bits per heavy atom. The molecule has 9 nitrogen and oxygen atoms in total. The first-order valence-corrected chi connectivity index (χ1v) is 14.1. The van der Waals surface area contributed by atoms with E-state index in [1.54, 1.807) is 24.5 Å². The highest BCUT2D eigenvalue weighted by atomic mass is 35.5. The Balaban J connectivity index is 1.75. The molecular formula is C24H32ClN5O4S. The molecule has 0 bridgehead atoms. The van der Waals surface area contributed by atoms with Gasteiger partial charge in [0.1, 0.15) is 5.82 Å². The average Bonchev–Trinajstić information content (AvgIpc) is 3.61. The second kappa shape index (κ2) is 10.3. The van der Waals surface area contributed by atoms with Crippen LogP contribution in [0.1, 0.15) is 45.2 Å². The van der Waals surface area contributed by atoms with Gasteiger partial charge in [-0.2, -0.15) is 0 Å². The Morgan fingerprint density at radius 2 is 1.94 bits per heavy atom. The van der Waals surface area contributed by atoms with E-state index >= 15 is 0 Å². The van der Waals surface area contributed by atoms with Crippen LogP contribution in [0, 0.1) is 5.92 Å². The molecule has 2 aliphatic rings. The standard InChI is InChI=1S/C24H32ClN5O4S/c1-16(2)15-30(18-6-10-34-11-7-18)20-14-26-21(24(8-9-24)23(31)29-35(3,32)33)12-19(20)28-22-5-4-17(25)13-27-22/h4-5,12-14,16,18H,6-11,15H2,1-3H3,(H,29,31)(H,26,27,28). The van der Waals surface area contributed by atoms with Gasteiger partial charge in [0, 0.05) is 32.0 Å². The fourth-order valence-electron chi connectivity index (χ4n) is 4.45. The molecule has 0 aromatic carbocycles. The second-order valence-corrected chi connectivity index (χ2v) is 11.9. The van der Waals surface area contributed by atoms with Crippen molar-refractivity contribution in [1.29, 1.82) is 0 Å². The first-order valence-electron chi connectivity index (χ1n) is 11.8. The van der Waals surface area contributed by atoms with Crippen molar-refractivity contribution in [3.05, 3.63) is 41.3 Å². The highest BCUT2D eigenvalue weighted by molar-refractivity contribution is 7.89. The monoisotopic (exact) mass is 521 g/mol. The van der Waals surface area contributed by atoms with Crippen molar-refractivity contribution in [2.24, 2.45) is 5.92 Å². The number of anilines is 3. The maximum atomic E-state index is 12.9. The van der Waals surface area contributed by atoms with E-state index in [4.69, 9.17) is 21.3 Å². The molecule has 1 saturated heterocycles. The van der Waals surface area contributed by atoms with E-state index in [1.165, 1.54) is 0 Å². The maximum Gasteiger partial charge on any atom is 0.245 e. The lowest BCUT2D eigenvalue weighted by Crippen LogP contribution is -2.42. The highest BCUT2D eigenvalue weighted by Gasteiger charge is 2.53. The predicted molar refractivity (Wildman–Crippen MR) is 137 cm³/mol. The van der Waals surface area contributed by atoms with Crippen LogP contribution in [0.5, 0.6) is 0 Å². The summed E-state index contributed by atoms with van der Waals surface area (Å²) in [5.41, 5.74) is 1.25. The Kier molecular flexibility index (Phi) is 7.54. The number of pyridine rings is 2. The minimum absolute atomic E-state index is 0.293. The molecule has 11 heteroatoms. The smallest absolute Gasteiger partial charge is 0.245 e. The molecule has 0 atom stereocenters. The normalized spacial score (nSPS) is 17.7. The molecule has 1 aliphatic carbocycles. The van der Waals surface area contributed by atoms with Gasteiger partial charge in [-0.25, -0.2) is 13.4 Å². The van der Waals surface area contributed by atoms with Gasteiger partial charge in [0.15, 0.2) is 0 Å². The zero-order valence-corrected chi connectivity index (χ0v) is 21.8. The molecule has 2 N–H and O–H groups in total. The molecule has 0 radical (unpaired) electrons. The number of rotatable bonds is 9. The molecule has 1 saturated carbocycles. The van der Waals surface area contributed by atoms with E-state index in [9.17, 15) is 13.2 Å². The summed E-state index contributed by atoms with van der Waals surface area (Å²) in [7, 11) is -3.67. The van der Waals surface area contributed by atoms with Gasteiger partial charge in [-0.3, -0.25) is 14.5 Å². The van der Waals surface area contributed by atoms with Crippen LogP contribution < -0.4 is 14.9 Å². The lowest BCUT2D eigenvalue weighted by molar-refractivity contribution is -0.121. The molecule has 2 fully saturated rings. The zero-order valence-electron chi connectivity index (χ0n) is 20.3. The molecule has 0 unspecified atom stereocenters. The quantitative estimate of drug-likeness (QED) is 0.514. The first kappa shape index (κ1) is 25.7. The van der Waals surface area contributed by atoms with Crippen LogP contribution in [-0.2, 0) is 25.0 Å². The molecule has 1 aliphatic heterocycles. The van der Waals surface area contributed by atoms with Crippen molar-refractivity contribution in [3.63, 3.8) is 0 Å². The van der Waals surface area contributed by atoms with Crippen molar-refractivity contribution in [2.45, 2.75) is 51.0 Å². The van der Waals surface area contributed by atoms with Crippen LogP contribution in [0.4, 0.5) is 17.2 Å². The molecule has 2 aromatic heterocycles. The van der Waals surface area contributed by atoms with Crippen molar-refractivity contribution in [1.82, 2.24) is 14.7 Å². The molecule has 35 heavy (non-hydrogen) atoms. The van der Waals surface area contributed by atoms with Crippen LogP contribution in [0.2, 0.25) is 5.02 Å². The van der Waals surface area contributed by atoms with Crippen molar-refractivity contribution >= 4 is 44.7 Å². The highest BCUT2D eigenvalue weighted by Crippen LogP contribution is 2.49. The van der Waals surface area contributed by atoms with Gasteiger partial charge in [0.05, 0.1) is 40.0 Å². The number of halogens is 1. The lowest BCUT2D eigenvalue weighted by Gasteiger charge is -2.38. The molecule has 4 rings (SSSR count). The predicted octanol–water partition coefficient (Wildman–Crippen LogP) is 3.62. The number of hydrogen-bond acceptors (Lipinski definition) is 8. The number of carbonyl (C=O) groups is 1. The Morgan fingerprint density at radius 3 is 2.51 bits per heavy atom. The van der Waals surface area contributed by atoms with Crippen molar-refractivity contribution in [2.75, 3.05) is 36.2 Å². The minimum atomic E-state index is -3.67. The van der Waals surface area contributed by atoms with Gasteiger partial charge in [0.2, 0.25) is 15.9 Å². The summed E-state index contributed by atoms with van der Waals surface area (Å²) in [5.74, 6) is 0.475. The van der Waals surface area contributed by atoms with Gasteiger partial charge in [0.25, 0.3) is 0 Å². The molecule has 1 amide bonds. The van der Waals surface area contributed by atoms with Gasteiger partial charge in [-0.1, -0.05) is 25.4 Å². The fraction of sp³-hybridized carbons (Fsp3) is 0.542. The molecular weight excluding hydrogens is 490 g/mol. The largest absolute Gasteiger partial charge is 0.381 e. The molecule has 3 heterocycles. The lowest BCUT2D eigenvalue weighted by atomic mass is 9.99. The summed E-state index contributed by atoms with van der Waals surface area (Å²) in [6.07, 6.45) is 7.23. The van der Waals surface area contributed by atoms with Crippen molar-refractivity contribution < 1.29 is 17.9 Å². The Bertz CT molecular complexity index is 1160. The summed E-state index contributed by atoms with van der Waals surface area (Å²) in [6.45, 7) is 6.60. The van der Waals surface area contributed by atoms with Crippen LogP contribution in [-0.4, -0.2) is 56.3 Å². The van der Waals surface area contributed by atoms with Gasteiger partial charge >= 0.3 is 0 Å². The summed E-state index contributed by atoms with van der Waals surface area (Å²) in [5, 5.41) is 3.92. The van der Waals surface area contributed by atoms with E-state index in [-0.39, 0.29) is 0 Å². The van der Waals surface area contributed by atoms with E-state index in [0.717, 1.165) is 37.0 Å². The van der Waals surface area contributed by atoms with Crippen LogP contribution >= 0.6 is 11.6 Å². The molecule has 2 aromatic rings. The maximum absolute atomic E-state index is 12.9. The van der Waals surface area contributed by atoms with Crippen LogP contribution in [0.25, 0.3) is 0 Å². The van der Waals surface area contributed by atoms with Gasteiger partial charge < -0.3 is 15.0 Å². The first-order chi connectivity index (χ1) is 16.6. The summed E-state index contributed by atoms with van der Waals surface area (Å²) >= 11 is 6.02. The van der Waals surface area contributed by atoms with E-state index < -0.39 is 21.3 Å². The number of nitrogens with zero attached hydrogens (tertiary/aromatic N) is 3. The van der Waals surface area contributed by atoms with E-state index in [2.05, 4.69) is 33.8 Å². The van der Waals surface area contributed by atoms with Gasteiger partial charge in [-0.15, -0.1) is 0 Å². The number of carbonyl (C=O) groups excluding carboxylic acids is 1. The number of sulfonamides is 1. The number of amides is 1.